The minimum atomic E-state index is -0.909. The number of Topliss-reactive ketones (excluding diaryl/α,β-unsaturated/α-hetero) is 1. The van der Waals surface area contributed by atoms with Gasteiger partial charge in [0.15, 0.2) is 5.78 Å². The van der Waals surface area contributed by atoms with Gasteiger partial charge in [-0.05, 0) is 18.9 Å². The summed E-state index contributed by atoms with van der Waals surface area (Å²) in [5.74, 6) is -0.953. The zero-order valence-corrected chi connectivity index (χ0v) is 10.4. The zero-order chi connectivity index (χ0) is 13.3. The molecule has 0 amide bonds. The third-order valence-corrected chi connectivity index (χ3v) is 3.05. The van der Waals surface area contributed by atoms with Gasteiger partial charge in [0.05, 0.1) is 5.52 Å². The number of para-hydroxylation sites is 1. The van der Waals surface area contributed by atoms with Crippen LogP contribution in [0.25, 0.3) is 10.9 Å². The van der Waals surface area contributed by atoms with E-state index in [1.165, 1.54) is 6.92 Å². The maximum atomic E-state index is 11.6. The van der Waals surface area contributed by atoms with Crippen molar-refractivity contribution in [3.8, 4) is 0 Å². The second kappa shape index (κ2) is 4.64. The van der Waals surface area contributed by atoms with E-state index < -0.39 is 5.97 Å². The fourth-order valence-electron chi connectivity index (χ4n) is 2.27. The average Bonchev–Trinajstić information content (AvgIpc) is 2.67. The van der Waals surface area contributed by atoms with Crippen LogP contribution in [0.2, 0.25) is 0 Å². The van der Waals surface area contributed by atoms with Gasteiger partial charge < -0.3 is 9.67 Å². The van der Waals surface area contributed by atoms with Crippen molar-refractivity contribution in [3.63, 3.8) is 0 Å². The summed E-state index contributed by atoms with van der Waals surface area (Å²) in [7, 11) is 0. The number of carbonyl (C=O) groups is 2. The monoisotopic (exact) mass is 245 g/mol. The van der Waals surface area contributed by atoms with Crippen LogP contribution < -0.4 is 0 Å². The highest BCUT2D eigenvalue weighted by molar-refractivity contribution is 6.07. The molecule has 0 aliphatic carbocycles. The van der Waals surface area contributed by atoms with E-state index in [2.05, 4.69) is 0 Å². The van der Waals surface area contributed by atoms with Crippen molar-refractivity contribution in [2.45, 2.75) is 26.8 Å². The Balaban J connectivity index is 2.76. The van der Waals surface area contributed by atoms with Gasteiger partial charge >= 0.3 is 5.97 Å². The van der Waals surface area contributed by atoms with Crippen molar-refractivity contribution in [1.29, 1.82) is 0 Å². The van der Waals surface area contributed by atoms with Crippen LogP contribution in [0.15, 0.2) is 24.4 Å². The SMILES string of the molecule is CCc1cccc2c(C(C)=O)cn(CC(=O)O)c12. The van der Waals surface area contributed by atoms with E-state index in [1.54, 1.807) is 10.8 Å². The number of aliphatic carboxylic acids is 1. The van der Waals surface area contributed by atoms with Crippen molar-refractivity contribution >= 4 is 22.7 Å². The van der Waals surface area contributed by atoms with E-state index in [1.807, 2.05) is 25.1 Å². The highest BCUT2D eigenvalue weighted by atomic mass is 16.4. The number of hydrogen-bond donors (Lipinski definition) is 1. The molecular weight excluding hydrogens is 230 g/mol. The van der Waals surface area contributed by atoms with E-state index in [0.29, 0.717) is 5.56 Å². The van der Waals surface area contributed by atoms with Crippen LogP contribution in [-0.4, -0.2) is 21.4 Å². The number of nitrogens with zero attached hydrogens (tertiary/aromatic N) is 1. The summed E-state index contributed by atoms with van der Waals surface area (Å²) in [4.78, 5) is 22.5. The number of benzene rings is 1. The fourth-order valence-corrected chi connectivity index (χ4v) is 2.27. The van der Waals surface area contributed by atoms with Crippen molar-refractivity contribution in [2.24, 2.45) is 0 Å². The summed E-state index contributed by atoms with van der Waals surface area (Å²) in [5.41, 5.74) is 2.50. The van der Waals surface area contributed by atoms with Crippen molar-refractivity contribution in [2.75, 3.05) is 0 Å². The molecule has 1 aromatic heterocycles. The Morgan fingerprint density at radius 2 is 2.06 bits per heavy atom. The van der Waals surface area contributed by atoms with Gasteiger partial charge in [-0.1, -0.05) is 25.1 Å². The Hall–Kier alpha value is -2.10. The molecule has 0 radical (unpaired) electrons. The molecule has 0 spiro atoms. The van der Waals surface area contributed by atoms with Crippen molar-refractivity contribution in [1.82, 2.24) is 4.57 Å². The van der Waals surface area contributed by atoms with Crippen molar-refractivity contribution in [3.05, 3.63) is 35.5 Å². The molecular formula is C14H15NO3. The first-order valence-electron chi connectivity index (χ1n) is 5.88. The summed E-state index contributed by atoms with van der Waals surface area (Å²) in [6, 6.07) is 5.73. The molecule has 2 rings (SSSR count). The van der Waals surface area contributed by atoms with Crippen molar-refractivity contribution < 1.29 is 14.7 Å². The standard InChI is InChI=1S/C14H15NO3/c1-3-10-5-4-6-11-12(9(2)16)7-15(14(10)11)8-13(17)18/h4-7H,3,8H2,1-2H3,(H,17,18). The third-order valence-electron chi connectivity index (χ3n) is 3.05. The molecule has 18 heavy (non-hydrogen) atoms. The molecule has 0 aliphatic rings. The van der Waals surface area contributed by atoms with Gasteiger partial charge in [-0.2, -0.15) is 0 Å². The second-order valence-electron chi connectivity index (χ2n) is 4.29. The summed E-state index contributed by atoms with van der Waals surface area (Å²) < 4.78 is 1.65. The van der Waals surface area contributed by atoms with Crippen LogP contribution in [0, 0.1) is 0 Å². The number of carboxylic acid groups (broad SMARTS) is 1. The van der Waals surface area contributed by atoms with E-state index in [4.69, 9.17) is 5.11 Å². The first-order chi connectivity index (χ1) is 8.54. The summed E-state index contributed by atoms with van der Waals surface area (Å²) in [6.07, 6.45) is 2.44. The van der Waals surface area contributed by atoms with Crippen LogP contribution in [0.3, 0.4) is 0 Å². The third kappa shape index (κ3) is 2.01. The zero-order valence-electron chi connectivity index (χ0n) is 10.4. The lowest BCUT2D eigenvalue weighted by molar-refractivity contribution is -0.137. The minimum Gasteiger partial charge on any atom is -0.480 e. The van der Waals surface area contributed by atoms with Gasteiger partial charge in [0.25, 0.3) is 0 Å². The van der Waals surface area contributed by atoms with Gasteiger partial charge in [-0.25, -0.2) is 0 Å². The first kappa shape index (κ1) is 12.4. The van der Waals surface area contributed by atoms with Crippen LogP contribution in [0.4, 0.5) is 0 Å². The summed E-state index contributed by atoms with van der Waals surface area (Å²) >= 11 is 0. The quantitative estimate of drug-likeness (QED) is 0.842. The lowest BCUT2D eigenvalue weighted by Gasteiger charge is -2.05. The van der Waals surface area contributed by atoms with Gasteiger partial charge in [0.1, 0.15) is 6.54 Å². The largest absolute Gasteiger partial charge is 0.480 e. The average molecular weight is 245 g/mol. The molecule has 0 saturated carbocycles. The van der Waals surface area contributed by atoms with Crippen LogP contribution in [-0.2, 0) is 17.8 Å². The second-order valence-corrected chi connectivity index (χ2v) is 4.29. The molecule has 1 heterocycles. The van der Waals surface area contributed by atoms with Crippen LogP contribution in [0.1, 0.15) is 29.8 Å². The van der Waals surface area contributed by atoms with Gasteiger partial charge in [-0.3, -0.25) is 9.59 Å². The van der Waals surface area contributed by atoms with Gasteiger partial charge in [0, 0.05) is 17.1 Å². The fraction of sp³-hybridized carbons (Fsp3) is 0.286. The number of carbonyl (C=O) groups excluding carboxylic acids is 1. The highest BCUT2D eigenvalue weighted by Crippen LogP contribution is 2.25. The predicted molar refractivity (Wildman–Crippen MR) is 69.0 cm³/mol. The molecule has 0 atom stereocenters. The molecule has 0 saturated heterocycles. The molecule has 1 N–H and O–H groups in total. The molecule has 0 bridgehead atoms. The molecule has 4 heteroatoms. The Labute approximate surface area is 105 Å². The molecule has 1 aromatic carbocycles. The Kier molecular flexibility index (Phi) is 3.19. The molecule has 0 unspecified atom stereocenters. The number of aryl methyl sites for hydroxylation is 1. The number of rotatable bonds is 4. The van der Waals surface area contributed by atoms with Gasteiger partial charge in [-0.15, -0.1) is 0 Å². The highest BCUT2D eigenvalue weighted by Gasteiger charge is 2.15. The Morgan fingerprint density at radius 1 is 1.33 bits per heavy atom. The van der Waals surface area contributed by atoms with E-state index in [0.717, 1.165) is 22.9 Å². The number of aromatic nitrogens is 1. The normalized spacial score (nSPS) is 10.8. The van der Waals surface area contributed by atoms with E-state index >= 15 is 0 Å². The maximum absolute atomic E-state index is 11.6. The van der Waals surface area contributed by atoms with Crippen LogP contribution in [0.5, 0.6) is 0 Å². The predicted octanol–water partition coefficient (Wildman–Crippen LogP) is 2.49. The Morgan fingerprint density at radius 3 is 2.61 bits per heavy atom. The first-order valence-corrected chi connectivity index (χ1v) is 5.88. The number of fused-ring (bicyclic) bond motifs is 1. The number of ketones is 1. The minimum absolute atomic E-state index is 0.0441. The van der Waals surface area contributed by atoms with E-state index in [-0.39, 0.29) is 12.3 Å². The molecule has 4 nitrogen and oxygen atoms in total. The molecule has 0 aliphatic heterocycles. The lowest BCUT2D eigenvalue weighted by Crippen LogP contribution is -2.08. The number of carboxylic acids is 1. The van der Waals surface area contributed by atoms with Gasteiger partial charge in [0.2, 0.25) is 0 Å². The smallest absolute Gasteiger partial charge is 0.323 e. The molecule has 94 valence electrons. The number of hydrogen-bond acceptors (Lipinski definition) is 2. The summed E-state index contributed by atoms with van der Waals surface area (Å²) in [6.45, 7) is 3.39. The molecule has 2 aromatic rings. The topological polar surface area (TPSA) is 59.3 Å². The van der Waals surface area contributed by atoms with Crippen LogP contribution >= 0.6 is 0 Å². The summed E-state index contributed by atoms with van der Waals surface area (Å²) in [5, 5.41) is 9.77. The van der Waals surface area contributed by atoms with E-state index in [9.17, 15) is 9.59 Å². The maximum Gasteiger partial charge on any atom is 0.323 e. The lowest BCUT2D eigenvalue weighted by atomic mass is 10.1. The Bertz CT molecular complexity index is 625. The molecule has 0 fully saturated rings.